The SMILES string of the molecule is CC(C)(C)c1nn(C2(C(F)(F)F)CCN(C(=O)O)CC2)cc1C(O)c1ccc2c3c(cccc13)C(=O)N2. The summed E-state index contributed by atoms with van der Waals surface area (Å²) in [5, 5.41) is 29.3. The highest BCUT2D eigenvalue weighted by molar-refractivity contribution is 6.24. The van der Waals surface area contributed by atoms with E-state index in [4.69, 9.17) is 0 Å². The Balaban J connectivity index is 1.65. The summed E-state index contributed by atoms with van der Waals surface area (Å²) < 4.78 is 44.6. The second kappa shape index (κ2) is 8.20. The zero-order valence-corrected chi connectivity index (χ0v) is 20.6. The molecule has 0 radical (unpaired) electrons. The molecule has 2 aliphatic heterocycles. The number of carbonyl (C=O) groups is 2. The lowest BCUT2D eigenvalue weighted by Gasteiger charge is -2.42. The first-order valence-corrected chi connectivity index (χ1v) is 11.9. The quantitative estimate of drug-likeness (QED) is 0.454. The van der Waals surface area contributed by atoms with Gasteiger partial charge in [0.1, 0.15) is 6.10 Å². The summed E-state index contributed by atoms with van der Waals surface area (Å²) in [6.45, 7) is 4.85. The van der Waals surface area contributed by atoms with E-state index >= 15 is 0 Å². The van der Waals surface area contributed by atoms with Crippen LogP contribution in [0.5, 0.6) is 0 Å². The minimum Gasteiger partial charge on any atom is -0.465 e. The number of hydrogen-bond donors (Lipinski definition) is 3. The van der Waals surface area contributed by atoms with E-state index in [1.54, 1.807) is 51.1 Å². The van der Waals surface area contributed by atoms with E-state index in [0.717, 1.165) is 9.58 Å². The fourth-order valence-corrected chi connectivity index (χ4v) is 5.42. The van der Waals surface area contributed by atoms with Crippen LogP contribution >= 0.6 is 0 Å². The molecule has 8 nitrogen and oxygen atoms in total. The van der Waals surface area contributed by atoms with E-state index in [1.807, 2.05) is 0 Å². The van der Waals surface area contributed by atoms with E-state index < -0.39 is 42.2 Å². The van der Waals surface area contributed by atoms with Crippen molar-refractivity contribution in [1.82, 2.24) is 14.7 Å². The number of anilines is 1. The van der Waals surface area contributed by atoms with Gasteiger partial charge in [-0.1, -0.05) is 39.0 Å². The van der Waals surface area contributed by atoms with Gasteiger partial charge in [0.05, 0.1) is 5.69 Å². The van der Waals surface area contributed by atoms with Crippen LogP contribution in [0.2, 0.25) is 0 Å². The molecule has 2 aromatic carbocycles. The van der Waals surface area contributed by atoms with Crippen LogP contribution in [0.3, 0.4) is 0 Å². The van der Waals surface area contributed by atoms with Crippen molar-refractivity contribution in [3.05, 3.63) is 58.9 Å². The molecule has 196 valence electrons. The number of carbonyl (C=O) groups excluding carboxylic acids is 1. The summed E-state index contributed by atoms with van der Waals surface area (Å²) in [6.07, 6.45) is -7.00. The maximum absolute atomic E-state index is 14.6. The van der Waals surface area contributed by atoms with E-state index in [9.17, 15) is 33.0 Å². The van der Waals surface area contributed by atoms with Crippen molar-refractivity contribution >= 4 is 28.5 Å². The monoisotopic (exact) mass is 516 g/mol. The van der Waals surface area contributed by atoms with Crippen LogP contribution < -0.4 is 5.32 Å². The zero-order chi connectivity index (χ0) is 26.9. The molecule has 1 unspecified atom stereocenters. The number of nitrogens with one attached hydrogen (secondary N) is 1. The summed E-state index contributed by atoms with van der Waals surface area (Å²) in [7, 11) is 0. The molecular weight excluding hydrogens is 489 g/mol. The van der Waals surface area contributed by atoms with Crippen LogP contribution in [0.25, 0.3) is 10.8 Å². The molecular formula is C26H27F3N4O4. The van der Waals surface area contributed by atoms with Gasteiger partial charge in [0, 0.05) is 46.9 Å². The molecule has 0 bridgehead atoms. The number of amides is 2. The number of aliphatic hydroxyl groups is 1. The summed E-state index contributed by atoms with van der Waals surface area (Å²) in [6, 6.07) is 8.48. The lowest BCUT2D eigenvalue weighted by atomic mass is 9.85. The van der Waals surface area contributed by atoms with Gasteiger partial charge in [-0.15, -0.1) is 0 Å². The van der Waals surface area contributed by atoms with Crippen LogP contribution in [0.15, 0.2) is 36.5 Å². The molecule has 3 N–H and O–H groups in total. The van der Waals surface area contributed by atoms with Crippen molar-refractivity contribution in [3.63, 3.8) is 0 Å². The molecule has 2 amide bonds. The van der Waals surface area contributed by atoms with Gasteiger partial charge in [-0.05, 0) is 35.9 Å². The summed E-state index contributed by atoms with van der Waals surface area (Å²) in [5.74, 6) is -0.254. The fourth-order valence-electron chi connectivity index (χ4n) is 5.42. The third-order valence-electron chi connectivity index (χ3n) is 7.44. The van der Waals surface area contributed by atoms with Gasteiger partial charge < -0.3 is 20.4 Å². The Morgan fingerprint density at radius 3 is 2.38 bits per heavy atom. The number of nitrogens with zero attached hydrogens (tertiary/aromatic N) is 3. The largest absolute Gasteiger partial charge is 0.465 e. The second-order valence-corrected chi connectivity index (χ2v) is 10.7. The number of piperidine rings is 1. The molecule has 0 aliphatic carbocycles. The molecule has 1 atom stereocenters. The van der Waals surface area contributed by atoms with Crippen molar-refractivity contribution in [3.8, 4) is 0 Å². The number of benzene rings is 2. The van der Waals surface area contributed by atoms with Gasteiger partial charge in [0.15, 0.2) is 5.54 Å². The van der Waals surface area contributed by atoms with Crippen LogP contribution in [-0.2, 0) is 11.0 Å². The Labute approximate surface area is 210 Å². The Bertz CT molecular complexity index is 1420. The van der Waals surface area contributed by atoms with E-state index in [-0.39, 0.29) is 24.6 Å². The molecule has 3 aromatic rings. The number of rotatable bonds is 3. The van der Waals surface area contributed by atoms with E-state index in [2.05, 4.69) is 10.4 Å². The minimum absolute atomic E-state index is 0.231. The Hall–Kier alpha value is -3.60. The fraction of sp³-hybridized carbons (Fsp3) is 0.423. The van der Waals surface area contributed by atoms with Gasteiger partial charge in [0.2, 0.25) is 0 Å². The van der Waals surface area contributed by atoms with Crippen molar-refractivity contribution in [2.75, 3.05) is 18.4 Å². The third-order valence-corrected chi connectivity index (χ3v) is 7.44. The predicted octanol–water partition coefficient (Wildman–Crippen LogP) is 5.01. The molecule has 37 heavy (non-hydrogen) atoms. The average Bonchev–Trinajstić information content (AvgIpc) is 3.42. The molecule has 1 saturated heterocycles. The van der Waals surface area contributed by atoms with Gasteiger partial charge >= 0.3 is 12.3 Å². The molecule has 5 rings (SSSR count). The average molecular weight is 517 g/mol. The minimum atomic E-state index is -4.70. The number of carboxylic acid groups (broad SMARTS) is 1. The maximum atomic E-state index is 14.6. The number of aliphatic hydroxyl groups excluding tert-OH is 1. The molecule has 11 heteroatoms. The van der Waals surface area contributed by atoms with Gasteiger partial charge in [-0.25, -0.2) is 4.79 Å². The van der Waals surface area contributed by atoms with Gasteiger partial charge in [-0.2, -0.15) is 18.3 Å². The van der Waals surface area contributed by atoms with E-state index in [1.165, 1.54) is 6.20 Å². The van der Waals surface area contributed by atoms with Crippen LogP contribution in [0, 0.1) is 0 Å². The summed E-state index contributed by atoms with van der Waals surface area (Å²) in [4.78, 5) is 24.6. The normalized spacial score (nSPS) is 18.2. The molecule has 3 heterocycles. The summed E-state index contributed by atoms with van der Waals surface area (Å²) >= 11 is 0. The Morgan fingerprint density at radius 1 is 1.11 bits per heavy atom. The number of likely N-dealkylation sites (tertiary alicyclic amines) is 1. The number of aromatic nitrogens is 2. The Morgan fingerprint density at radius 2 is 1.78 bits per heavy atom. The number of halogens is 3. The highest BCUT2D eigenvalue weighted by Crippen LogP contribution is 2.47. The van der Waals surface area contributed by atoms with Crippen LogP contribution in [0.4, 0.5) is 23.7 Å². The zero-order valence-electron chi connectivity index (χ0n) is 20.6. The highest BCUT2D eigenvalue weighted by atomic mass is 19.4. The molecule has 0 saturated carbocycles. The second-order valence-electron chi connectivity index (χ2n) is 10.7. The predicted molar refractivity (Wildman–Crippen MR) is 130 cm³/mol. The lowest BCUT2D eigenvalue weighted by molar-refractivity contribution is -0.230. The highest BCUT2D eigenvalue weighted by Gasteiger charge is 2.58. The smallest absolute Gasteiger partial charge is 0.413 e. The van der Waals surface area contributed by atoms with Crippen molar-refractivity contribution in [2.45, 2.75) is 56.8 Å². The number of hydrogen-bond acceptors (Lipinski definition) is 4. The third kappa shape index (κ3) is 3.83. The van der Waals surface area contributed by atoms with E-state index in [0.29, 0.717) is 33.3 Å². The number of alkyl halides is 3. The van der Waals surface area contributed by atoms with Crippen molar-refractivity contribution < 1.29 is 33.0 Å². The van der Waals surface area contributed by atoms with Crippen molar-refractivity contribution in [2.24, 2.45) is 0 Å². The molecule has 1 aromatic heterocycles. The summed E-state index contributed by atoms with van der Waals surface area (Å²) in [5.41, 5.74) is -1.05. The van der Waals surface area contributed by atoms with Gasteiger partial charge in [0.25, 0.3) is 5.91 Å². The Kier molecular flexibility index (Phi) is 5.56. The first-order valence-electron chi connectivity index (χ1n) is 11.9. The van der Waals surface area contributed by atoms with Crippen molar-refractivity contribution in [1.29, 1.82) is 0 Å². The first-order chi connectivity index (χ1) is 17.2. The van der Waals surface area contributed by atoms with Gasteiger partial charge in [-0.3, -0.25) is 9.48 Å². The van der Waals surface area contributed by atoms with Crippen LogP contribution in [-0.4, -0.2) is 56.2 Å². The first kappa shape index (κ1) is 25.1. The van der Waals surface area contributed by atoms with Crippen LogP contribution in [0.1, 0.15) is 66.9 Å². The topological polar surface area (TPSA) is 108 Å². The standard InChI is InChI=1S/C26H27F3N4O4/c1-24(2,3)21-17(13-33(31-21)25(26(27,28)29)9-11-32(12-10-25)23(36)37)20(34)15-7-8-18-19-14(15)5-4-6-16(19)22(35)30-18/h4-8,13,20,34H,9-12H2,1-3H3,(H,30,35)(H,36,37). The maximum Gasteiger partial charge on any atom is 0.413 e. The molecule has 0 spiro atoms. The lowest BCUT2D eigenvalue weighted by Crippen LogP contribution is -2.55. The molecule has 2 aliphatic rings. The molecule has 1 fully saturated rings.